The van der Waals surface area contributed by atoms with Crippen molar-refractivity contribution in [1.82, 2.24) is 5.32 Å². The summed E-state index contributed by atoms with van der Waals surface area (Å²) in [4.78, 5) is 24.7. The summed E-state index contributed by atoms with van der Waals surface area (Å²) in [6.45, 7) is 4.07. The van der Waals surface area contributed by atoms with Crippen LogP contribution in [0.15, 0.2) is 41.3 Å². The molecular formula is C19H14F5NO4. The van der Waals surface area contributed by atoms with Crippen LogP contribution in [0.4, 0.5) is 22.0 Å². The van der Waals surface area contributed by atoms with Gasteiger partial charge in [-0.25, -0.2) is 18.4 Å². The van der Waals surface area contributed by atoms with Gasteiger partial charge in [0.1, 0.15) is 18.2 Å². The molecule has 10 heteroatoms. The van der Waals surface area contributed by atoms with Crippen LogP contribution in [-0.2, 0) is 19.1 Å². The van der Waals surface area contributed by atoms with Gasteiger partial charge in [-0.3, -0.25) is 0 Å². The Bertz CT molecular complexity index is 1010. The van der Waals surface area contributed by atoms with Crippen LogP contribution in [0.2, 0.25) is 0 Å². The van der Waals surface area contributed by atoms with Gasteiger partial charge in [-0.1, -0.05) is 6.58 Å². The zero-order valence-corrected chi connectivity index (χ0v) is 15.2. The molecule has 0 fully saturated rings. The van der Waals surface area contributed by atoms with Gasteiger partial charge in [0, 0.05) is 17.3 Å². The summed E-state index contributed by atoms with van der Waals surface area (Å²) in [5, 5.41) is 2.76. The standard InChI is InChI=1S/C19H14F5NO4/c1-7(19(22,23)24)13-10(4-9(20)5-11(13)21)15-14(17(26)28-3)8(2)25-12-6-29-18(27)16(12)15/h4-5,15,25H,1,6H2,2-3H3/t15-/m0/s1. The molecule has 0 saturated carbocycles. The van der Waals surface area contributed by atoms with Gasteiger partial charge in [0.15, 0.2) is 0 Å². The molecular weight excluding hydrogens is 401 g/mol. The van der Waals surface area contributed by atoms with E-state index in [4.69, 9.17) is 4.74 Å². The number of halogens is 5. The lowest BCUT2D eigenvalue weighted by molar-refractivity contribution is -0.136. The molecule has 1 aromatic rings. The Kier molecular flexibility index (Phi) is 4.97. The van der Waals surface area contributed by atoms with Crippen LogP contribution in [0.3, 0.4) is 0 Å². The monoisotopic (exact) mass is 415 g/mol. The van der Waals surface area contributed by atoms with E-state index in [1.165, 1.54) is 6.92 Å². The second-order valence-electron chi connectivity index (χ2n) is 6.38. The Morgan fingerprint density at radius 2 is 1.97 bits per heavy atom. The lowest BCUT2D eigenvalue weighted by atomic mass is 9.77. The predicted octanol–water partition coefficient (Wildman–Crippen LogP) is 3.49. The van der Waals surface area contributed by atoms with E-state index >= 15 is 0 Å². The molecule has 0 saturated heterocycles. The van der Waals surface area contributed by atoms with Crippen LogP contribution in [0.5, 0.6) is 0 Å². The number of methoxy groups -OCH3 is 1. The van der Waals surface area contributed by atoms with Crippen molar-refractivity contribution >= 4 is 17.5 Å². The minimum absolute atomic E-state index is 0.146. The van der Waals surface area contributed by atoms with Crippen molar-refractivity contribution in [3.63, 3.8) is 0 Å². The summed E-state index contributed by atoms with van der Waals surface area (Å²) in [5.74, 6) is -6.19. The molecule has 3 rings (SSSR count). The Morgan fingerprint density at radius 1 is 1.31 bits per heavy atom. The van der Waals surface area contributed by atoms with E-state index in [0.717, 1.165) is 7.11 Å². The molecule has 0 bridgehead atoms. The number of hydrogen-bond donors (Lipinski definition) is 1. The minimum Gasteiger partial charge on any atom is -0.466 e. The SMILES string of the molecule is C=C(c1c(F)cc(F)cc1[C@H]1C(C(=O)OC)=C(C)NC2=C1C(=O)OC2)C(F)(F)F. The van der Waals surface area contributed by atoms with Crippen molar-refractivity contribution in [2.24, 2.45) is 0 Å². The van der Waals surface area contributed by atoms with Crippen molar-refractivity contribution in [1.29, 1.82) is 0 Å². The molecule has 1 aromatic carbocycles. The second-order valence-corrected chi connectivity index (χ2v) is 6.38. The van der Waals surface area contributed by atoms with Gasteiger partial charge in [-0.05, 0) is 18.6 Å². The van der Waals surface area contributed by atoms with Crippen LogP contribution >= 0.6 is 0 Å². The Balaban J connectivity index is 2.36. The molecule has 0 amide bonds. The Labute approximate surface area is 161 Å². The molecule has 0 radical (unpaired) electrons. The van der Waals surface area contributed by atoms with Crippen LogP contribution in [0.1, 0.15) is 24.0 Å². The third-order valence-corrected chi connectivity index (χ3v) is 4.66. The van der Waals surface area contributed by atoms with Crippen LogP contribution < -0.4 is 5.32 Å². The van der Waals surface area contributed by atoms with Crippen molar-refractivity contribution in [3.8, 4) is 0 Å². The van der Waals surface area contributed by atoms with Crippen molar-refractivity contribution in [2.75, 3.05) is 13.7 Å². The molecule has 0 spiro atoms. The average molecular weight is 415 g/mol. The highest BCUT2D eigenvalue weighted by Crippen LogP contribution is 2.46. The number of benzene rings is 1. The first-order valence-electron chi connectivity index (χ1n) is 8.19. The topological polar surface area (TPSA) is 64.6 Å². The van der Waals surface area contributed by atoms with Crippen molar-refractivity contribution in [3.05, 3.63) is 64.0 Å². The first-order chi connectivity index (χ1) is 13.5. The Morgan fingerprint density at radius 3 is 2.55 bits per heavy atom. The first-order valence-corrected chi connectivity index (χ1v) is 8.19. The fourth-order valence-corrected chi connectivity index (χ4v) is 3.44. The molecule has 2 aliphatic rings. The quantitative estimate of drug-likeness (QED) is 0.605. The maximum Gasteiger partial charge on any atom is 0.416 e. The van der Waals surface area contributed by atoms with Gasteiger partial charge in [0.05, 0.1) is 35.4 Å². The summed E-state index contributed by atoms with van der Waals surface area (Å²) < 4.78 is 78.1. The molecule has 154 valence electrons. The van der Waals surface area contributed by atoms with Gasteiger partial charge in [0.25, 0.3) is 0 Å². The molecule has 1 N–H and O–H groups in total. The largest absolute Gasteiger partial charge is 0.466 e. The number of rotatable bonds is 3. The predicted molar refractivity (Wildman–Crippen MR) is 90.0 cm³/mol. The number of carbonyl (C=O) groups excluding carboxylic acids is 2. The van der Waals surface area contributed by atoms with E-state index in [2.05, 4.69) is 16.6 Å². The molecule has 1 atom stereocenters. The summed E-state index contributed by atoms with van der Waals surface area (Å²) in [6.07, 6.45) is -5.04. The highest BCUT2D eigenvalue weighted by molar-refractivity contribution is 6.01. The van der Waals surface area contributed by atoms with E-state index < -0.39 is 52.4 Å². The highest BCUT2D eigenvalue weighted by Gasteiger charge is 2.45. The van der Waals surface area contributed by atoms with E-state index in [1.807, 2.05) is 0 Å². The lowest BCUT2D eigenvalue weighted by Gasteiger charge is -2.29. The van der Waals surface area contributed by atoms with Crippen LogP contribution in [0, 0.1) is 11.6 Å². The summed E-state index contributed by atoms with van der Waals surface area (Å²) in [6, 6.07) is 0.908. The second kappa shape index (κ2) is 7.02. The third-order valence-electron chi connectivity index (χ3n) is 4.66. The molecule has 0 aromatic heterocycles. The number of ether oxygens (including phenoxy) is 2. The van der Waals surface area contributed by atoms with E-state index in [-0.39, 0.29) is 35.2 Å². The van der Waals surface area contributed by atoms with Gasteiger partial charge in [-0.2, -0.15) is 13.2 Å². The number of dihydropyridines is 1. The fraction of sp³-hybridized carbons (Fsp3) is 0.263. The van der Waals surface area contributed by atoms with E-state index in [9.17, 15) is 31.5 Å². The molecule has 5 nitrogen and oxygen atoms in total. The normalized spacial score (nSPS) is 19.0. The van der Waals surface area contributed by atoms with Gasteiger partial charge >= 0.3 is 18.1 Å². The zero-order valence-electron chi connectivity index (χ0n) is 15.2. The van der Waals surface area contributed by atoms with Crippen molar-refractivity contribution in [2.45, 2.75) is 19.0 Å². The van der Waals surface area contributed by atoms with Gasteiger partial charge in [0.2, 0.25) is 0 Å². The molecule has 29 heavy (non-hydrogen) atoms. The molecule has 0 aliphatic carbocycles. The Hall–Kier alpha value is -3.17. The number of esters is 2. The number of nitrogens with one attached hydrogen (secondary N) is 1. The smallest absolute Gasteiger partial charge is 0.416 e. The van der Waals surface area contributed by atoms with E-state index in [0.29, 0.717) is 6.07 Å². The maximum absolute atomic E-state index is 14.5. The molecule has 0 unspecified atom stereocenters. The summed E-state index contributed by atoms with van der Waals surface area (Å²) in [7, 11) is 1.03. The minimum atomic E-state index is -5.04. The van der Waals surface area contributed by atoms with Gasteiger partial charge in [-0.15, -0.1) is 0 Å². The molecule has 2 heterocycles. The lowest BCUT2D eigenvalue weighted by Crippen LogP contribution is -2.31. The first kappa shape index (κ1) is 20.6. The summed E-state index contributed by atoms with van der Waals surface area (Å²) >= 11 is 0. The molecule has 2 aliphatic heterocycles. The average Bonchev–Trinajstić information content (AvgIpc) is 2.98. The van der Waals surface area contributed by atoms with Gasteiger partial charge < -0.3 is 14.8 Å². The summed E-state index contributed by atoms with van der Waals surface area (Å²) in [5.41, 5.74) is -3.39. The van der Waals surface area contributed by atoms with Crippen molar-refractivity contribution < 1.29 is 41.0 Å². The number of allylic oxidation sites excluding steroid dienone is 2. The number of hydrogen-bond acceptors (Lipinski definition) is 5. The van der Waals surface area contributed by atoms with E-state index in [1.54, 1.807) is 0 Å². The van der Waals surface area contributed by atoms with Crippen LogP contribution in [0.25, 0.3) is 5.57 Å². The highest BCUT2D eigenvalue weighted by atomic mass is 19.4. The van der Waals surface area contributed by atoms with Crippen LogP contribution in [-0.4, -0.2) is 31.8 Å². The third kappa shape index (κ3) is 3.39. The fourth-order valence-electron chi connectivity index (χ4n) is 3.44. The number of carbonyl (C=O) groups is 2. The number of cyclic esters (lactones) is 1. The maximum atomic E-state index is 14.5. The number of alkyl halides is 3. The zero-order chi connectivity index (χ0) is 21.7.